The van der Waals surface area contributed by atoms with Gasteiger partial charge in [0.25, 0.3) is 5.91 Å². The van der Waals surface area contributed by atoms with Gasteiger partial charge < -0.3 is 9.80 Å². The Morgan fingerprint density at radius 3 is 2.28 bits per heavy atom. The van der Waals surface area contributed by atoms with Gasteiger partial charge in [-0.25, -0.2) is 8.42 Å². The van der Waals surface area contributed by atoms with Crippen molar-refractivity contribution < 1.29 is 18.0 Å². The van der Waals surface area contributed by atoms with E-state index in [1.807, 2.05) is 29.2 Å². The monoisotopic (exact) mass is 455 g/mol. The minimum atomic E-state index is -3.31. The number of carbonyl (C=O) groups excluding carboxylic acids is 2. The van der Waals surface area contributed by atoms with Gasteiger partial charge in [0.1, 0.15) is 0 Å². The Kier molecular flexibility index (Phi) is 6.50. The number of benzene rings is 2. The number of nitrogens with zero attached hydrogens (tertiary/aromatic N) is 3. The summed E-state index contributed by atoms with van der Waals surface area (Å²) in [6.07, 6.45) is 4.03. The molecule has 0 unspecified atom stereocenters. The summed E-state index contributed by atoms with van der Waals surface area (Å²) < 4.78 is 25.2. The van der Waals surface area contributed by atoms with E-state index in [-0.39, 0.29) is 11.8 Å². The van der Waals surface area contributed by atoms with Crippen LogP contribution in [-0.4, -0.2) is 69.0 Å². The number of rotatable bonds is 6. The van der Waals surface area contributed by atoms with E-state index in [4.69, 9.17) is 0 Å². The summed E-state index contributed by atoms with van der Waals surface area (Å²) in [6.45, 7) is 2.52. The lowest BCUT2D eigenvalue weighted by atomic mass is 10.1. The Hall–Kier alpha value is -2.87. The highest BCUT2D eigenvalue weighted by molar-refractivity contribution is 7.92. The van der Waals surface area contributed by atoms with Gasteiger partial charge in [-0.3, -0.25) is 13.9 Å². The van der Waals surface area contributed by atoms with E-state index >= 15 is 0 Å². The summed E-state index contributed by atoms with van der Waals surface area (Å²) in [5.41, 5.74) is 3.36. The maximum Gasteiger partial charge on any atom is 0.253 e. The summed E-state index contributed by atoms with van der Waals surface area (Å²) in [5.74, 6) is 0.0770. The molecule has 1 fully saturated rings. The minimum absolute atomic E-state index is 0.0678. The molecule has 0 aromatic heterocycles. The van der Waals surface area contributed by atoms with Crippen molar-refractivity contribution in [2.45, 2.75) is 25.7 Å². The molecule has 32 heavy (non-hydrogen) atoms. The molecule has 0 radical (unpaired) electrons. The zero-order valence-corrected chi connectivity index (χ0v) is 19.2. The molecule has 2 aromatic rings. The van der Waals surface area contributed by atoms with Crippen LogP contribution in [0.2, 0.25) is 0 Å². The largest absolute Gasteiger partial charge is 0.339 e. The number of amides is 2. The van der Waals surface area contributed by atoms with Crippen LogP contribution in [0.15, 0.2) is 48.5 Å². The smallest absolute Gasteiger partial charge is 0.253 e. The summed E-state index contributed by atoms with van der Waals surface area (Å²) in [7, 11) is -3.31. The molecule has 0 spiro atoms. The molecule has 4 rings (SSSR count). The molecule has 2 amide bonds. The van der Waals surface area contributed by atoms with Crippen molar-refractivity contribution in [2.24, 2.45) is 0 Å². The number of hydrogen-bond acceptors (Lipinski definition) is 4. The average molecular weight is 456 g/mol. The van der Waals surface area contributed by atoms with Crippen LogP contribution in [0.5, 0.6) is 0 Å². The van der Waals surface area contributed by atoms with Crippen molar-refractivity contribution in [3.05, 3.63) is 65.2 Å². The lowest BCUT2D eigenvalue weighted by Gasteiger charge is -2.35. The third-order valence-electron chi connectivity index (χ3n) is 6.20. The summed E-state index contributed by atoms with van der Waals surface area (Å²) >= 11 is 0. The predicted octanol–water partition coefficient (Wildman–Crippen LogP) is 2.32. The van der Waals surface area contributed by atoms with E-state index in [0.29, 0.717) is 56.8 Å². The van der Waals surface area contributed by atoms with Gasteiger partial charge in [-0.05, 0) is 48.6 Å². The normalized spacial score (nSPS) is 16.2. The van der Waals surface area contributed by atoms with Gasteiger partial charge in [0, 0.05) is 44.7 Å². The molecule has 2 aromatic carbocycles. The number of anilines is 1. The van der Waals surface area contributed by atoms with Gasteiger partial charge in [-0.15, -0.1) is 0 Å². The Balaban J connectivity index is 1.29. The van der Waals surface area contributed by atoms with Crippen LogP contribution in [0.4, 0.5) is 5.69 Å². The molecule has 2 aliphatic heterocycles. The average Bonchev–Trinajstić information content (AvgIpc) is 3.23. The minimum Gasteiger partial charge on any atom is -0.339 e. The lowest BCUT2D eigenvalue weighted by molar-refractivity contribution is -0.132. The third-order valence-corrected chi connectivity index (χ3v) is 7.38. The number of piperazine rings is 1. The maximum absolute atomic E-state index is 13.0. The van der Waals surface area contributed by atoms with Crippen molar-refractivity contribution in [2.75, 3.05) is 43.3 Å². The van der Waals surface area contributed by atoms with E-state index in [1.165, 1.54) is 16.1 Å². The second-order valence-corrected chi connectivity index (χ2v) is 10.3. The first-order valence-electron chi connectivity index (χ1n) is 11.0. The fourth-order valence-electron chi connectivity index (χ4n) is 4.44. The van der Waals surface area contributed by atoms with Crippen LogP contribution < -0.4 is 4.31 Å². The molecule has 2 heterocycles. The Morgan fingerprint density at radius 2 is 1.59 bits per heavy atom. The van der Waals surface area contributed by atoms with Gasteiger partial charge >= 0.3 is 0 Å². The van der Waals surface area contributed by atoms with Crippen molar-refractivity contribution in [3.63, 3.8) is 0 Å². The van der Waals surface area contributed by atoms with E-state index < -0.39 is 10.0 Å². The molecule has 7 nitrogen and oxygen atoms in total. The van der Waals surface area contributed by atoms with Crippen LogP contribution >= 0.6 is 0 Å². The number of fused-ring (bicyclic) bond motifs is 1. The van der Waals surface area contributed by atoms with Gasteiger partial charge in [0.05, 0.1) is 11.9 Å². The highest BCUT2D eigenvalue weighted by Gasteiger charge is 2.29. The van der Waals surface area contributed by atoms with Crippen molar-refractivity contribution in [1.29, 1.82) is 0 Å². The van der Waals surface area contributed by atoms with E-state index in [0.717, 1.165) is 18.4 Å². The van der Waals surface area contributed by atoms with Gasteiger partial charge in [0.15, 0.2) is 0 Å². The maximum atomic E-state index is 13.0. The quantitative estimate of drug-likeness (QED) is 0.670. The number of carbonyl (C=O) groups is 2. The van der Waals surface area contributed by atoms with Crippen LogP contribution in [0.3, 0.4) is 0 Å². The first-order valence-corrected chi connectivity index (χ1v) is 12.9. The Bertz CT molecular complexity index is 1090. The number of aryl methyl sites for hydroxylation is 1. The van der Waals surface area contributed by atoms with Crippen molar-refractivity contribution in [1.82, 2.24) is 9.80 Å². The van der Waals surface area contributed by atoms with Crippen LogP contribution in [0.1, 0.15) is 34.3 Å². The predicted molar refractivity (Wildman–Crippen MR) is 124 cm³/mol. The van der Waals surface area contributed by atoms with Crippen molar-refractivity contribution in [3.8, 4) is 0 Å². The fourth-order valence-corrected chi connectivity index (χ4v) is 5.40. The summed E-state index contributed by atoms with van der Waals surface area (Å²) in [6, 6.07) is 15.4. The summed E-state index contributed by atoms with van der Waals surface area (Å²) in [5, 5.41) is 0. The van der Waals surface area contributed by atoms with E-state index in [1.54, 1.807) is 17.0 Å². The molecular formula is C24H29N3O4S. The Morgan fingerprint density at radius 1 is 0.906 bits per heavy atom. The fraction of sp³-hybridized carbons (Fsp3) is 0.417. The van der Waals surface area contributed by atoms with Gasteiger partial charge in [-0.2, -0.15) is 0 Å². The van der Waals surface area contributed by atoms with Crippen molar-refractivity contribution >= 4 is 27.5 Å². The molecule has 0 saturated carbocycles. The molecule has 0 atom stereocenters. The molecule has 170 valence electrons. The second kappa shape index (κ2) is 9.32. The molecule has 0 N–H and O–H groups in total. The highest BCUT2D eigenvalue weighted by Crippen LogP contribution is 2.31. The summed E-state index contributed by atoms with van der Waals surface area (Å²) in [4.78, 5) is 29.1. The zero-order chi connectivity index (χ0) is 22.7. The lowest BCUT2D eigenvalue weighted by Crippen LogP contribution is -2.50. The van der Waals surface area contributed by atoms with E-state index in [2.05, 4.69) is 12.1 Å². The van der Waals surface area contributed by atoms with Gasteiger partial charge in [-0.1, -0.05) is 30.3 Å². The van der Waals surface area contributed by atoms with Crippen LogP contribution in [0, 0.1) is 0 Å². The number of hydrogen-bond donors (Lipinski definition) is 0. The van der Waals surface area contributed by atoms with Crippen LogP contribution in [-0.2, 0) is 27.7 Å². The highest BCUT2D eigenvalue weighted by atomic mass is 32.2. The molecule has 0 aliphatic carbocycles. The van der Waals surface area contributed by atoms with Gasteiger partial charge in [0.2, 0.25) is 15.9 Å². The molecule has 1 saturated heterocycles. The van der Waals surface area contributed by atoms with Crippen LogP contribution in [0.25, 0.3) is 0 Å². The zero-order valence-electron chi connectivity index (χ0n) is 18.4. The SMILES string of the molecule is CS(=O)(=O)N1CCc2cc(C(=O)N3CCN(C(=O)CCCc4ccccc4)CC3)ccc21. The topological polar surface area (TPSA) is 78.0 Å². The third kappa shape index (κ3) is 4.96. The molecular weight excluding hydrogens is 426 g/mol. The molecule has 2 aliphatic rings. The Labute approximate surface area is 189 Å². The standard InChI is InChI=1S/C24H29N3O4S/c1-32(30,31)27-13-12-20-18-21(10-11-22(20)27)24(29)26-16-14-25(15-17-26)23(28)9-5-8-19-6-3-2-4-7-19/h2-4,6-7,10-11,18H,5,8-9,12-17H2,1H3. The molecule has 0 bridgehead atoms. The first kappa shape index (κ1) is 22.3. The second-order valence-electron chi connectivity index (χ2n) is 8.44. The van der Waals surface area contributed by atoms with E-state index in [9.17, 15) is 18.0 Å². The first-order chi connectivity index (χ1) is 15.3. The number of sulfonamides is 1. The molecule has 8 heteroatoms.